The molecule has 2 heterocycles. The SMILES string of the molecule is COC(=O)NCCOc1cccc2nc(-c3cc(C)cc4nc(OC(F)F)cnc34)sc12. The zero-order chi connectivity index (χ0) is 22.7. The van der Waals surface area contributed by atoms with Crippen LogP contribution in [0.15, 0.2) is 36.5 Å². The van der Waals surface area contributed by atoms with Crippen LogP contribution >= 0.6 is 11.3 Å². The number of thiazole rings is 1. The summed E-state index contributed by atoms with van der Waals surface area (Å²) in [7, 11) is 1.29. The molecule has 0 bridgehead atoms. The van der Waals surface area contributed by atoms with Gasteiger partial charge in [-0.15, -0.1) is 11.3 Å². The molecule has 0 radical (unpaired) electrons. The van der Waals surface area contributed by atoms with E-state index in [2.05, 4.69) is 24.8 Å². The predicted molar refractivity (Wildman–Crippen MR) is 115 cm³/mol. The number of rotatable bonds is 7. The first-order valence-electron chi connectivity index (χ1n) is 9.51. The van der Waals surface area contributed by atoms with Gasteiger partial charge in [0.2, 0.25) is 5.88 Å². The smallest absolute Gasteiger partial charge is 0.406 e. The average molecular weight is 460 g/mol. The number of aryl methyl sites for hydroxylation is 1. The molecule has 0 atom stereocenters. The Morgan fingerprint density at radius 3 is 2.84 bits per heavy atom. The molecule has 0 saturated carbocycles. The number of alkyl halides is 2. The second kappa shape index (κ2) is 9.27. The number of amides is 1. The highest BCUT2D eigenvalue weighted by molar-refractivity contribution is 7.22. The van der Waals surface area contributed by atoms with Gasteiger partial charge in [-0.25, -0.2) is 19.7 Å². The highest BCUT2D eigenvalue weighted by Gasteiger charge is 2.16. The number of benzene rings is 2. The number of hydrogen-bond donors (Lipinski definition) is 1. The highest BCUT2D eigenvalue weighted by atomic mass is 32.1. The van der Waals surface area contributed by atoms with Gasteiger partial charge in [0.15, 0.2) is 0 Å². The van der Waals surface area contributed by atoms with Gasteiger partial charge in [0.05, 0.1) is 41.1 Å². The van der Waals surface area contributed by atoms with Crippen LogP contribution in [0.2, 0.25) is 0 Å². The van der Waals surface area contributed by atoms with Gasteiger partial charge in [-0.3, -0.25) is 0 Å². The van der Waals surface area contributed by atoms with Crippen LogP contribution in [-0.2, 0) is 4.74 Å². The van der Waals surface area contributed by atoms with E-state index in [1.165, 1.54) is 24.6 Å². The molecule has 2 aromatic heterocycles. The summed E-state index contributed by atoms with van der Waals surface area (Å²) in [6, 6.07) is 9.19. The summed E-state index contributed by atoms with van der Waals surface area (Å²) >= 11 is 1.42. The third kappa shape index (κ3) is 4.67. The Labute approximate surface area is 185 Å². The van der Waals surface area contributed by atoms with Crippen molar-refractivity contribution in [1.29, 1.82) is 0 Å². The minimum atomic E-state index is -2.98. The topological polar surface area (TPSA) is 95.5 Å². The van der Waals surface area contributed by atoms with Crippen LogP contribution in [0.5, 0.6) is 11.6 Å². The summed E-state index contributed by atoms with van der Waals surface area (Å²) in [5.74, 6) is 0.387. The molecule has 4 aromatic rings. The number of aromatic nitrogens is 3. The van der Waals surface area contributed by atoms with Crippen LogP contribution in [0.3, 0.4) is 0 Å². The highest BCUT2D eigenvalue weighted by Crippen LogP contribution is 2.38. The first-order chi connectivity index (χ1) is 15.4. The fourth-order valence-corrected chi connectivity index (χ4v) is 4.15. The Kier molecular flexibility index (Phi) is 6.26. The lowest BCUT2D eigenvalue weighted by atomic mass is 10.1. The summed E-state index contributed by atoms with van der Waals surface area (Å²) < 4.78 is 40.6. The Morgan fingerprint density at radius 2 is 2.06 bits per heavy atom. The van der Waals surface area contributed by atoms with Gasteiger partial charge in [0, 0.05) is 5.56 Å². The lowest BCUT2D eigenvalue weighted by molar-refractivity contribution is -0.0528. The lowest BCUT2D eigenvalue weighted by Crippen LogP contribution is -2.27. The molecule has 0 aliphatic heterocycles. The molecule has 32 heavy (non-hydrogen) atoms. The molecule has 0 spiro atoms. The van der Waals surface area contributed by atoms with Crippen LogP contribution in [-0.4, -0.2) is 47.9 Å². The first kappa shape index (κ1) is 21.6. The second-order valence-electron chi connectivity index (χ2n) is 6.66. The molecule has 8 nitrogen and oxygen atoms in total. The number of hydrogen-bond acceptors (Lipinski definition) is 8. The second-order valence-corrected chi connectivity index (χ2v) is 7.66. The molecular weight excluding hydrogens is 442 g/mol. The molecule has 2 aromatic carbocycles. The Balaban J connectivity index is 1.67. The number of carbonyl (C=O) groups is 1. The van der Waals surface area contributed by atoms with Crippen molar-refractivity contribution in [3.8, 4) is 22.2 Å². The van der Waals surface area contributed by atoms with Crippen LogP contribution in [0.4, 0.5) is 13.6 Å². The number of carbonyl (C=O) groups excluding carboxylic acids is 1. The molecule has 1 amide bonds. The molecule has 0 unspecified atom stereocenters. The van der Waals surface area contributed by atoms with E-state index in [1.54, 1.807) is 6.07 Å². The minimum Gasteiger partial charge on any atom is -0.490 e. The van der Waals surface area contributed by atoms with Gasteiger partial charge in [-0.2, -0.15) is 8.78 Å². The maximum atomic E-state index is 12.5. The van der Waals surface area contributed by atoms with E-state index < -0.39 is 12.7 Å². The van der Waals surface area contributed by atoms with Crippen molar-refractivity contribution in [2.75, 3.05) is 20.3 Å². The number of fused-ring (bicyclic) bond motifs is 2. The van der Waals surface area contributed by atoms with E-state index in [-0.39, 0.29) is 19.0 Å². The van der Waals surface area contributed by atoms with Crippen molar-refractivity contribution in [3.63, 3.8) is 0 Å². The van der Waals surface area contributed by atoms with Gasteiger partial charge >= 0.3 is 12.7 Å². The van der Waals surface area contributed by atoms with Gasteiger partial charge in [0.1, 0.15) is 17.4 Å². The standard InChI is InChI=1S/C21H18F2N4O4S/c1-11-8-12(17-14(9-11)26-16(10-25-17)31-20(22)23)19-27-13-4-3-5-15(18(13)32-19)30-7-6-24-21(28)29-2/h3-5,8-10,20H,6-7H2,1-2H3,(H,24,28). The van der Waals surface area contributed by atoms with E-state index >= 15 is 0 Å². The predicted octanol–water partition coefficient (Wildman–Crippen LogP) is 4.55. The van der Waals surface area contributed by atoms with E-state index in [0.29, 0.717) is 21.8 Å². The largest absolute Gasteiger partial charge is 0.490 e. The van der Waals surface area contributed by atoms with Crippen molar-refractivity contribution in [3.05, 3.63) is 42.1 Å². The molecule has 11 heteroatoms. The number of nitrogens with one attached hydrogen (secondary N) is 1. The maximum absolute atomic E-state index is 12.5. The van der Waals surface area contributed by atoms with Crippen molar-refractivity contribution in [1.82, 2.24) is 20.3 Å². The molecular formula is C21H18F2N4O4S. The normalized spacial score (nSPS) is 11.2. The van der Waals surface area contributed by atoms with Crippen LogP contribution in [0, 0.1) is 6.92 Å². The molecule has 166 valence electrons. The Morgan fingerprint density at radius 1 is 1.22 bits per heavy atom. The minimum absolute atomic E-state index is 0.246. The number of ether oxygens (including phenoxy) is 3. The van der Waals surface area contributed by atoms with E-state index in [9.17, 15) is 13.6 Å². The zero-order valence-corrected chi connectivity index (χ0v) is 17.9. The lowest BCUT2D eigenvalue weighted by Gasteiger charge is -2.08. The van der Waals surface area contributed by atoms with Gasteiger partial charge in [-0.05, 0) is 36.8 Å². The molecule has 1 N–H and O–H groups in total. The summed E-state index contributed by atoms with van der Waals surface area (Å²) in [5.41, 5.74) is 3.31. The Bertz CT molecular complexity index is 1280. The number of alkyl carbamates (subject to hydrolysis) is 1. The van der Waals surface area contributed by atoms with Crippen LogP contribution in [0.1, 0.15) is 5.56 Å². The Hall–Kier alpha value is -3.60. The van der Waals surface area contributed by atoms with Crippen molar-refractivity contribution >= 4 is 38.7 Å². The van der Waals surface area contributed by atoms with Gasteiger partial charge in [0.25, 0.3) is 0 Å². The number of methoxy groups -OCH3 is 1. The summed E-state index contributed by atoms with van der Waals surface area (Å²) in [6.07, 6.45) is 0.644. The summed E-state index contributed by atoms with van der Waals surface area (Å²) in [5, 5.41) is 3.24. The third-order valence-electron chi connectivity index (χ3n) is 4.40. The van der Waals surface area contributed by atoms with E-state index in [4.69, 9.17) is 9.72 Å². The molecule has 0 aliphatic carbocycles. The number of nitrogens with zero attached hydrogens (tertiary/aromatic N) is 3. The summed E-state index contributed by atoms with van der Waals surface area (Å²) in [6.45, 7) is -0.554. The van der Waals surface area contributed by atoms with Gasteiger partial charge < -0.3 is 19.5 Å². The van der Waals surface area contributed by atoms with Crippen molar-refractivity contribution < 1.29 is 27.8 Å². The van der Waals surface area contributed by atoms with Crippen molar-refractivity contribution in [2.24, 2.45) is 0 Å². The zero-order valence-electron chi connectivity index (χ0n) is 17.1. The third-order valence-corrected chi connectivity index (χ3v) is 5.52. The van der Waals surface area contributed by atoms with Crippen LogP contribution in [0.25, 0.3) is 31.8 Å². The van der Waals surface area contributed by atoms with Gasteiger partial charge in [-0.1, -0.05) is 6.07 Å². The molecule has 0 aliphatic rings. The monoisotopic (exact) mass is 460 g/mol. The molecule has 0 fully saturated rings. The average Bonchev–Trinajstić information content (AvgIpc) is 3.20. The molecule has 0 saturated heterocycles. The molecule has 4 rings (SSSR count). The van der Waals surface area contributed by atoms with Crippen LogP contribution < -0.4 is 14.8 Å². The maximum Gasteiger partial charge on any atom is 0.406 e. The fraction of sp³-hybridized carbons (Fsp3) is 0.238. The fourth-order valence-electron chi connectivity index (χ4n) is 3.10. The summed E-state index contributed by atoms with van der Waals surface area (Å²) in [4.78, 5) is 24.3. The number of halogens is 2. The quantitative estimate of drug-likeness (QED) is 0.404. The van der Waals surface area contributed by atoms with Crippen molar-refractivity contribution in [2.45, 2.75) is 13.5 Å². The van der Waals surface area contributed by atoms with E-state index in [1.807, 2.05) is 31.2 Å². The van der Waals surface area contributed by atoms with E-state index in [0.717, 1.165) is 21.3 Å². The first-order valence-corrected chi connectivity index (χ1v) is 10.3.